The molecule has 0 spiro atoms. The first-order chi connectivity index (χ1) is 12.9. The summed E-state index contributed by atoms with van der Waals surface area (Å²) >= 11 is 1.13. The summed E-state index contributed by atoms with van der Waals surface area (Å²) in [5.41, 5.74) is 18.0. The highest BCUT2D eigenvalue weighted by atomic mass is 32.1. The van der Waals surface area contributed by atoms with E-state index in [-0.39, 0.29) is 17.2 Å². The third kappa shape index (κ3) is 3.70. The van der Waals surface area contributed by atoms with Gasteiger partial charge >= 0.3 is 0 Å². The van der Waals surface area contributed by atoms with Gasteiger partial charge in [-0.05, 0) is 30.4 Å². The first-order valence-corrected chi connectivity index (χ1v) is 9.16. The number of rotatable bonds is 5. The van der Waals surface area contributed by atoms with E-state index in [1.54, 1.807) is 0 Å². The number of benzene rings is 1. The van der Waals surface area contributed by atoms with E-state index in [0.717, 1.165) is 16.9 Å². The van der Waals surface area contributed by atoms with Crippen molar-refractivity contribution in [3.8, 4) is 0 Å². The molecule has 1 unspecified atom stereocenters. The zero-order chi connectivity index (χ0) is 20.2. The number of nitrogens with one attached hydrogen (secondary N) is 1. The summed E-state index contributed by atoms with van der Waals surface area (Å²) < 4.78 is 0. The van der Waals surface area contributed by atoms with Crippen LogP contribution in [0.25, 0.3) is 0 Å². The lowest BCUT2D eigenvalue weighted by molar-refractivity contribution is 0.0856. The van der Waals surface area contributed by atoms with Crippen molar-refractivity contribution in [3.05, 3.63) is 51.9 Å². The first-order valence-electron chi connectivity index (χ1n) is 8.34. The van der Waals surface area contributed by atoms with Gasteiger partial charge in [-0.15, -0.1) is 11.3 Å². The Morgan fingerprint density at radius 1 is 1.19 bits per heavy atom. The lowest BCUT2D eigenvalue weighted by Gasteiger charge is -2.36. The fourth-order valence-electron chi connectivity index (χ4n) is 3.61. The number of nitrogen functional groups attached to an aromatic ring is 1. The number of hydrazine groups is 1. The molecule has 0 radical (unpaired) electrons. The minimum Gasteiger partial charge on any atom is -0.390 e. The van der Waals surface area contributed by atoms with E-state index < -0.39 is 11.3 Å². The molecule has 3 rings (SSSR count). The number of amides is 1. The van der Waals surface area contributed by atoms with Crippen molar-refractivity contribution in [2.24, 2.45) is 23.2 Å². The smallest absolute Gasteiger partial charge is 0.251 e. The molecule has 0 saturated carbocycles. The molecule has 1 heterocycles. The third-order valence-electron chi connectivity index (χ3n) is 4.87. The SMILES string of the molecule is N=C(N)CCC1(c2ccccc2)CCc2c(sc(N)c2C(N)=O)C1=O.NN. The molecular weight excluding hydrogens is 364 g/mol. The van der Waals surface area contributed by atoms with Crippen LogP contribution in [0, 0.1) is 5.41 Å². The average Bonchev–Trinajstić information content (AvgIpc) is 3.01. The van der Waals surface area contributed by atoms with Gasteiger partial charge in [-0.2, -0.15) is 0 Å². The number of carbonyl (C=O) groups is 2. The maximum Gasteiger partial charge on any atom is 0.251 e. The van der Waals surface area contributed by atoms with Gasteiger partial charge in [-0.3, -0.25) is 26.7 Å². The molecule has 1 aliphatic rings. The highest BCUT2D eigenvalue weighted by molar-refractivity contribution is 7.18. The zero-order valence-electron chi connectivity index (χ0n) is 14.8. The normalized spacial score (nSPS) is 18.2. The Hall–Kier alpha value is -2.75. The van der Waals surface area contributed by atoms with Gasteiger partial charge in [0.25, 0.3) is 5.91 Å². The summed E-state index contributed by atoms with van der Waals surface area (Å²) in [7, 11) is 0. The van der Waals surface area contributed by atoms with Crippen molar-refractivity contribution in [1.82, 2.24) is 0 Å². The molecule has 0 saturated heterocycles. The highest BCUT2D eigenvalue weighted by Crippen LogP contribution is 2.46. The summed E-state index contributed by atoms with van der Waals surface area (Å²) in [6.07, 6.45) is 1.86. The van der Waals surface area contributed by atoms with Crippen LogP contribution in [-0.4, -0.2) is 17.5 Å². The molecule has 0 aliphatic heterocycles. The quantitative estimate of drug-likeness (QED) is 0.192. The number of thiophene rings is 1. The van der Waals surface area contributed by atoms with Crippen molar-refractivity contribution >= 4 is 33.9 Å². The van der Waals surface area contributed by atoms with Gasteiger partial charge in [-0.1, -0.05) is 30.3 Å². The summed E-state index contributed by atoms with van der Waals surface area (Å²) in [6.45, 7) is 0. The van der Waals surface area contributed by atoms with Crippen LogP contribution < -0.4 is 28.9 Å². The summed E-state index contributed by atoms with van der Waals surface area (Å²) in [5, 5.41) is 7.85. The highest BCUT2D eigenvalue weighted by Gasteiger charge is 2.46. The Labute approximate surface area is 161 Å². The van der Waals surface area contributed by atoms with Gasteiger partial charge in [0.15, 0.2) is 5.78 Å². The standard InChI is InChI=1S/C18H20N4O2S.H4N2/c19-12(20)7-9-18(10-4-2-1-3-5-10)8-6-11-13(16(21)24)17(22)25-14(11)15(18)23;1-2/h1-5H,6-9,22H2,(H3,19,20)(H2,21,24);1-2H2. The van der Waals surface area contributed by atoms with Crippen molar-refractivity contribution in [2.75, 3.05) is 5.73 Å². The third-order valence-corrected chi connectivity index (χ3v) is 5.93. The van der Waals surface area contributed by atoms with Gasteiger partial charge in [-0.25, -0.2) is 0 Å². The number of fused-ring (bicyclic) bond motifs is 1. The molecule has 1 aromatic carbocycles. The Balaban J connectivity index is 0.00000126. The topological polar surface area (TPSA) is 188 Å². The second-order valence-electron chi connectivity index (χ2n) is 6.32. The molecule has 1 aromatic heterocycles. The van der Waals surface area contributed by atoms with Gasteiger partial charge in [0, 0.05) is 6.42 Å². The van der Waals surface area contributed by atoms with Crippen LogP contribution >= 0.6 is 11.3 Å². The van der Waals surface area contributed by atoms with E-state index in [9.17, 15) is 9.59 Å². The lowest BCUT2D eigenvalue weighted by atomic mass is 9.66. The summed E-state index contributed by atoms with van der Waals surface area (Å²) in [4.78, 5) is 25.6. The molecule has 8 nitrogen and oxygen atoms in total. The minimum absolute atomic E-state index is 0.0532. The number of hydrogen-bond acceptors (Lipinski definition) is 7. The molecule has 27 heavy (non-hydrogen) atoms. The van der Waals surface area contributed by atoms with E-state index in [0.29, 0.717) is 41.1 Å². The molecular formula is C18H24N6O2S. The van der Waals surface area contributed by atoms with Crippen molar-refractivity contribution in [1.29, 1.82) is 5.41 Å². The summed E-state index contributed by atoms with van der Waals surface area (Å²) in [5.74, 6) is 7.39. The van der Waals surface area contributed by atoms with Gasteiger partial charge in [0.1, 0.15) is 0 Å². The van der Waals surface area contributed by atoms with Gasteiger partial charge in [0.2, 0.25) is 0 Å². The number of hydrogen-bond donors (Lipinski definition) is 6. The average molecular weight is 388 g/mol. The molecule has 2 aromatic rings. The Bertz CT molecular complexity index is 864. The molecule has 0 fully saturated rings. The Kier molecular flexibility index (Phi) is 6.32. The number of ketones is 1. The van der Waals surface area contributed by atoms with Crippen LogP contribution in [0.5, 0.6) is 0 Å². The molecule has 9 heteroatoms. The molecule has 144 valence electrons. The monoisotopic (exact) mass is 388 g/mol. The van der Waals surface area contributed by atoms with E-state index in [1.807, 2.05) is 30.3 Å². The number of anilines is 1. The Morgan fingerprint density at radius 3 is 2.37 bits per heavy atom. The zero-order valence-corrected chi connectivity index (χ0v) is 15.6. The summed E-state index contributed by atoms with van der Waals surface area (Å²) in [6, 6.07) is 9.54. The molecule has 0 bridgehead atoms. The van der Waals surface area contributed by atoms with Crippen LogP contribution in [0.15, 0.2) is 30.3 Å². The second kappa shape index (κ2) is 8.30. The predicted octanol–water partition coefficient (Wildman–Crippen LogP) is 1.03. The predicted molar refractivity (Wildman–Crippen MR) is 108 cm³/mol. The number of primary amides is 1. The van der Waals surface area contributed by atoms with Gasteiger partial charge in [0.05, 0.1) is 26.7 Å². The van der Waals surface area contributed by atoms with Crippen LogP contribution in [0.1, 0.15) is 50.4 Å². The van der Waals surface area contributed by atoms with Crippen molar-refractivity contribution < 1.29 is 9.59 Å². The minimum atomic E-state index is -0.758. The second-order valence-corrected chi connectivity index (χ2v) is 7.37. The number of carbonyl (C=O) groups excluding carboxylic acids is 2. The molecule has 1 atom stereocenters. The van der Waals surface area contributed by atoms with Crippen LogP contribution in [0.4, 0.5) is 5.00 Å². The number of Topliss-reactive ketones (excluding diaryl/α,β-unsaturated/α-hetero) is 1. The molecule has 1 aliphatic carbocycles. The number of amidine groups is 1. The first kappa shape index (κ1) is 20.6. The maximum atomic E-state index is 13.4. The van der Waals surface area contributed by atoms with Crippen LogP contribution in [0.2, 0.25) is 0 Å². The van der Waals surface area contributed by atoms with Crippen LogP contribution in [-0.2, 0) is 11.8 Å². The van der Waals surface area contributed by atoms with Crippen molar-refractivity contribution in [2.45, 2.75) is 31.1 Å². The van der Waals surface area contributed by atoms with Crippen molar-refractivity contribution in [3.63, 3.8) is 0 Å². The van der Waals surface area contributed by atoms with E-state index in [2.05, 4.69) is 11.7 Å². The molecule has 11 N–H and O–H groups in total. The van der Waals surface area contributed by atoms with E-state index in [4.69, 9.17) is 22.6 Å². The maximum absolute atomic E-state index is 13.4. The fraction of sp³-hybridized carbons (Fsp3) is 0.278. The largest absolute Gasteiger partial charge is 0.390 e. The van der Waals surface area contributed by atoms with Gasteiger partial charge < -0.3 is 17.2 Å². The lowest BCUT2D eigenvalue weighted by Crippen LogP contribution is -2.40. The Morgan fingerprint density at radius 2 is 1.81 bits per heavy atom. The number of nitrogens with two attached hydrogens (primary N) is 5. The van der Waals surface area contributed by atoms with Crippen LogP contribution in [0.3, 0.4) is 0 Å². The fourth-order valence-corrected chi connectivity index (χ4v) is 4.77. The van der Waals surface area contributed by atoms with E-state index in [1.165, 1.54) is 0 Å². The molecule has 1 amide bonds. The van der Waals surface area contributed by atoms with E-state index >= 15 is 0 Å².